The van der Waals surface area contributed by atoms with Crippen molar-refractivity contribution < 1.29 is 12.8 Å². The van der Waals surface area contributed by atoms with Crippen molar-refractivity contribution in [2.45, 2.75) is 9.79 Å². The van der Waals surface area contributed by atoms with Crippen LogP contribution < -0.4 is 4.72 Å². The minimum absolute atomic E-state index is 0.158. The Bertz CT molecular complexity index is 797. The average Bonchev–Trinajstić information content (AvgIpc) is 2.48. The molecule has 0 saturated carbocycles. The molecule has 2 aromatic rings. The third-order valence-electron chi connectivity index (χ3n) is 2.71. The molecule has 0 amide bonds. The second-order valence-electron chi connectivity index (χ2n) is 4.09. The quantitative estimate of drug-likeness (QED) is 0.878. The first kappa shape index (κ1) is 15.4. The molecule has 0 aliphatic heterocycles. The van der Waals surface area contributed by atoms with Crippen molar-refractivity contribution in [3.63, 3.8) is 0 Å². The molecule has 0 unspecified atom stereocenters. The summed E-state index contributed by atoms with van der Waals surface area (Å²) in [4.78, 5) is 0.848. The number of nitrogens with zero attached hydrogens (tertiary/aromatic N) is 1. The van der Waals surface area contributed by atoms with Crippen molar-refractivity contribution >= 4 is 27.5 Å². The van der Waals surface area contributed by atoms with Crippen LogP contribution in [0.5, 0.6) is 0 Å². The molecular weight excluding hydrogens is 311 g/mol. The molecule has 7 heteroatoms. The number of thioether (sulfide) groups is 1. The lowest BCUT2D eigenvalue weighted by atomic mass is 10.2. The predicted octanol–water partition coefficient (Wildman–Crippen LogP) is 3.22. The number of hydrogen-bond donors (Lipinski definition) is 1. The molecule has 2 aromatic carbocycles. The Kier molecular flexibility index (Phi) is 4.50. The second-order valence-corrected chi connectivity index (χ2v) is 6.65. The van der Waals surface area contributed by atoms with Gasteiger partial charge < -0.3 is 0 Å². The lowest BCUT2D eigenvalue weighted by Crippen LogP contribution is -2.13. The SMILES string of the molecule is CSc1ccc(NS(=O)(=O)c2ccc(F)c(C#N)c2)cc1. The van der Waals surface area contributed by atoms with Crippen LogP contribution in [0.2, 0.25) is 0 Å². The standard InChI is InChI=1S/C14H11FN2O2S2/c1-20-12-4-2-11(3-5-12)17-21(18,19)13-6-7-14(15)10(8-13)9-16/h2-8,17H,1H3. The zero-order valence-electron chi connectivity index (χ0n) is 11.0. The summed E-state index contributed by atoms with van der Waals surface area (Å²) in [5.41, 5.74) is 0.0891. The molecule has 0 radical (unpaired) electrons. The summed E-state index contributed by atoms with van der Waals surface area (Å²) in [6, 6.07) is 11.6. The highest BCUT2D eigenvalue weighted by molar-refractivity contribution is 7.98. The van der Waals surface area contributed by atoms with Gasteiger partial charge in [0.15, 0.2) is 0 Å². The summed E-state index contributed by atoms with van der Waals surface area (Å²) in [7, 11) is -3.86. The van der Waals surface area contributed by atoms with Gasteiger partial charge in [-0.05, 0) is 48.7 Å². The van der Waals surface area contributed by atoms with Gasteiger partial charge in [-0.3, -0.25) is 4.72 Å². The zero-order valence-corrected chi connectivity index (χ0v) is 12.6. The van der Waals surface area contributed by atoms with E-state index in [4.69, 9.17) is 5.26 Å². The van der Waals surface area contributed by atoms with Crippen LogP contribution in [0.25, 0.3) is 0 Å². The van der Waals surface area contributed by atoms with E-state index in [2.05, 4.69) is 4.72 Å². The van der Waals surface area contributed by atoms with E-state index >= 15 is 0 Å². The largest absolute Gasteiger partial charge is 0.280 e. The van der Waals surface area contributed by atoms with E-state index in [1.165, 1.54) is 0 Å². The van der Waals surface area contributed by atoms with Crippen LogP contribution in [-0.2, 0) is 10.0 Å². The average molecular weight is 322 g/mol. The van der Waals surface area contributed by atoms with Crippen LogP contribution >= 0.6 is 11.8 Å². The predicted molar refractivity (Wildman–Crippen MR) is 80.1 cm³/mol. The van der Waals surface area contributed by atoms with Crippen LogP contribution in [0.4, 0.5) is 10.1 Å². The first-order valence-electron chi connectivity index (χ1n) is 5.83. The molecule has 0 aliphatic rings. The number of halogens is 1. The van der Waals surface area contributed by atoms with E-state index in [0.29, 0.717) is 5.69 Å². The molecule has 0 heterocycles. The molecule has 2 rings (SSSR count). The van der Waals surface area contributed by atoms with Gasteiger partial charge in [-0.1, -0.05) is 0 Å². The molecule has 108 valence electrons. The Morgan fingerprint density at radius 3 is 2.43 bits per heavy atom. The maximum Gasteiger partial charge on any atom is 0.261 e. The van der Waals surface area contributed by atoms with Crippen LogP contribution in [0.15, 0.2) is 52.3 Å². The molecule has 0 spiro atoms. The molecule has 0 aliphatic carbocycles. The highest BCUT2D eigenvalue weighted by Crippen LogP contribution is 2.21. The summed E-state index contributed by atoms with van der Waals surface area (Å²) >= 11 is 1.54. The number of benzene rings is 2. The van der Waals surface area contributed by atoms with E-state index in [1.54, 1.807) is 42.1 Å². The van der Waals surface area contributed by atoms with Crippen LogP contribution in [0, 0.1) is 17.1 Å². The maximum atomic E-state index is 13.2. The molecule has 0 fully saturated rings. The Balaban J connectivity index is 2.31. The second kappa shape index (κ2) is 6.16. The van der Waals surface area contributed by atoms with E-state index in [-0.39, 0.29) is 10.5 Å². The maximum absolute atomic E-state index is 13.2. The summed E-state index contributed by atoms with van der Waals surface area (Å²) in [5, 5.41) is 8.75. The van der Waals surface area contributed by atoms with Crippen molar-refractivity contribution in [2.24, 2.45) is 0 Å². The summed E-state index contributed by atoms with van der Waals surface area (Å²) < 4.78 is 40.0. The molecule has 0 bridgehead atoms. The third-order valence-corrected chi connectivity index (χ3v) is 4.83. The first-order valence-corrected chi connectivity index (χ1v) is 8.53. The third kappa shape index (κ3) is 3.54. The first-order chi connectivity index (χ1) is 9.96. The Labute approximate surface area is 126 Å². The van der Waals surface area contributed by atoms with Gasteiger partial charge in [0.05, 0.1) is 10.5 Å². The lowest BCUT2D eigenvalue weighted by molar-refractivity contribution is 0.599. The van der Waals surface area contributed by atoms with Gasteiger partial charge in [0.2, 0.25) is 0 Å². The summed E-state index contributed by atoms with van der Waals surface area (Å²) in [6.45, 7) is 0. The molecule has 4 nitrogen and oxygen atoms in total. The summed E-state index contributed by atoms with van der Waals surface area (Å²) in [6.07, 6.45) is 1.92. The number of nitriles is 1. The van der Waals surface area contributed by atoms with E-state index in [9.17, 15) is 12.8 Å². The van der Waals surface area contributed by atoms with Gasteiger partial charge in [0, 0.05) is 10.6 Å². The van der Waals surface area contributed by atoms with Gasteiger partial charge in [-0.2, -0.15) is 5.26 Å². The number of anilines is 1. The van der Waals surface area contributed by atoms with Gasteiger partial charge in [-0.25, -0.2) is 12.8 Å². The fourth-order valence-electron chi connectivity index (χ4n) is 1.63. The molecule has 0 saturated heterocycles. The number of hydrogen-bond acceptors (Lipinski definition) is 4. The van der Waals surface area contributed by atoms with Crippen molar-refractivity contribution in [3.8, 4) is 6.07 Å². The van der Waals surface area contributed by atoms with Crippen molar-refractivity contribution in [3.05, 3.63) is 53.8 Å². The van der Waals surface area contributed by atoms with Gasteiger partial charge in [0.25, 0.3) is 10.0 Å². The normalized spacial score (nSPS) is 10.9. The van der Waals surface area contributed by atoms with E-state index in [0.717, 1.165) is 23.1 Å². The highest BCUT2D eigenvalue weighted by Gasteiger charge is 2.16. The zero-order chi connectivity index (χ0) is 15.5. The van der Waals surface area contributed by atoms with E-state index < -0.39 is 15.8 Å². The fraction of sp³-hybridized carbons (Fsp3) is 0.0714. The molecule has 0 aromatic heterocycles. The highest BCUT2D eigenvalue weighted by atomic mass is 32.2. The Hall–Kier alpha value is -2.04. The van der Waals surface area contributed by atoms with Crippen molar-refractivity contribution in [2.75, 3.05) is 11.0 Å². The summed E-state index contributed by atoms with van der Waals surface area (Å²) in [5.74, 6) is -0.749. The molecule has 0 atom stereocenters. The topological polar surface area (TPSA) is 70.0 Å². The molecular formula is C14H11FN2O2S2. The number of rotatable bonds is 4. The molecule has 1 N–H and O–H groups in total. The fourth-order valence-corrected chi connectivity index (χ4v) is 3.12. The smallest absolute Gasteiger partial charge is 0.261 e. The van der Waals surface area contributed by atoms with Crippen LogP contribution in [0.3, 0.4) is 0 Å². The monoisotopic (exact) mass is 322 g/mol. The van der Waals surface area contributed by atoms with Gasteiger partial charge >= 0.3 is 0 Å². The van der Waals surface area contributed by atoms with Gasteiger partial charge in [-0.15, -0.1) is 11.8 Å². The van der Waals surface area contributed by atoms with Crippen LogP contribution in [-0.4, -0.2) is 14.7 Å². The van der Waals surface area contributed by atoms with Gasteiger partial charge in [0.1, 0.15) is 11.9 Å². The minimum Gasteiger partial charge on any atom is -0.280 e. The van der Waals surface area contributed by atoms with E-state index in [1.807, 2.05) is 6.26 Å². The lowest BCUT2D eigenvalue weighted by Gasteiger charge is -2.09. The number of sulfonamides is 1. The Morgan fingerprint density at radius 1 is 1.19 bits per heavy atom. The Morgan fingerprint density at radius 2 is 1.86 bits per heavy atom. The van der Waals surface area contributed by atoms with Crippen LogP contribution in [0.1, 0.15) is 5.56 Å². The number of nitrogens with one attached hydrogen (secondary N) is 1. The minimum atomic E-state index is -3.86. The van der Waals surface area contributed by atoms with Crippen molar-refractivity contribution in [1.29, 1.82) is 5.26 Å². The molecule has 21 heavy (non-hydrogen) atoms. The van der Waals surface area contributed by atoms with Crippen molar-refractivity contribution in [1.82, 2.24) is 0 Å².